The topological polar surface area (TPSA) is 124 Å². The lowest BCUT2D eigenvalue weighted by molar-refractivity contribution is -0.121. The minimum atomic E-state index is -0.565. The van der Waals surface area contributed by atoms with Gasteiger partial charge in [-0.15, -0.1) is 0 Å². The number of ether oxygens (including phenoxy) is 2. The van der Waals surface area contributed by atoms with E-state index >= 15 is 0 Å². The molecule has 3 N–H and O–H groups in total. The number of rotatable bonds is 10. The molecule has 186 valence electrons. The van der Waals surface area contributed by atoms with E-state index in [-0.39, 0.29) is 11.5 Å². The Morgan fingerprint density at radius 3 is 2.80 bits per heavy atom. The average Bonchev–Trinajstić information content (AvgIpc) is 3.28. The first-order valence-electron chi connectivity index (χ1n) is 11.8. The van der Waals surface area contributed by atoms with Gasteiger partial charge in [0.1, 0.15) is 17.9 Å². The van der Waals surface area contributed by atoms with Gasteiger partial charge in [-0.2, -0.15) is 5.10 Å². The van der Waals surface area contributed by atoms with Gasteiger partial charge in [-0.25, -0.2) is 9.50 Å². The van der Waals surface area contributed by atoms with Crippen LogP contribution in [0.2, 0.25) is 0 Å². The van der Waals surface area contributed by atoms with Crippen LogP contribution in [0.1, 0.15) is 39.3 Å². The molecule has 0 unspecified atom stereocenters. The van der Waals surface area contributed by atoms with Crippen LogP contribution in [0.25, 0.3) is 5.65 Å². The Labute approximate surface area is 204 Å². The van der Waals surface area contributed by atoms with Crippen LogP contribution < -0.4 is 15.8 Å². The molecule has 1 fully saturated rings. The maximum Gasteiger partial charge on any atom is 0.254 e. The number of aryl methyl sites for hydroxylation is 2. The molecule has 2 amide bonds. The number of carbonyl (C=O) groups excluding carboxylic acids is 2. The molecule has 3 heterocycles. The Kier molecular flexibility index (Phi) is 7.94. The van der Waals surface area contributed by atoms with Gasteiger partial charge < -0.3 is 20.5 Å². The van der Waals surface area contributed by atoms with Crippen LogP contribution in [0.3, 0.4) is 0 Å². The van der Waals surface area contributed by atoms with Crippen molar-refractivity contribution in [1.82, 2.24) is 24.8 Å². The Bertz CT molecular complexity index is 1200. The lowest BCUT2D eigenvalue weighted by Gasteiger charge is -2.26. The van der Waals surface area contributed by atoms with Gasteiger partial charge >= 0.3 is 0 Å². The normalized spacial score (nSPS) is 14.2. The number of nitrogens with two attached hydrogens (primary N) is 1. The molecule has 0 aliphatic carbocycles. The zero-order valence-corrected chi connectivity index (χ0v) is 20.2. The number of amides is 2. The maximum absolute atomic E-state index is 12.5. The molecule has 0 spiro atoms. The zero-order chi connectivity index (χ0) is 24.8. The van der Waals surface area contributed by atoms with Crippen LogP contribution in [0, 0.1) is 13.8 Å². The van der Waals surface area contributed by atoms with E-state index in [1.165, 1.54) is 6.20 Å². The average molecular weight is 481 g/mol. The van der Waals surface area contributed by atoms with Crippen LogP contribution in [0.5, 0.6) is 5.75 Å². The summed E-state index contributed by atoms with van der Waals surface area (Å²) in [6, 6.07) is 7.79. The van der Waals surface area contributed by atoms with E-state index in [2.05, 4.69) is 20.3 Å². The number of hydrogen-bond acceptors (Lipinski definition) is 7. The Balaban J connectivity index is 1.27. The zero-order valence-electron chi connectivity index (χ0n) is 20.2. The molecule has 35 heavy (non-hydrogen) atoms. The van der Waals surface area contributed by atoms with Gasteiger partial charge in [-0.1, -0.05) is 12.1 Å². The number of benzene rings is 1. The van der Waals surface area contributed by atoms with Gasteiger partial charge in [0.05, 0.1) is 19.4 Å². The molecule has 1 aliphatic rings. The van der Waals surface area contributed by atoms with E-state index in [1.54, 1.807) is 4.52 Å². The number of primary amides is 1. The molecule has 0 saturated carbocycles. The molecule has 1 aliphatic heterocycles. The predicted molar refractivity (Wildman–Crippen MR) is 130 cm³/mol. The van der Waals surface area contributed by atoms with Crippen molar-refractivity contribution in [3.05, 3.63) is 58.5 Å². The third-order valence-corrected chi connectivity index (χ3v) is 6.24. The molecule has 10 nitrogen and oxygen atoms in total. The molecule has 1 aromatic carbocycles. The number of aromatic nitrogens is 3. The van der Waals surface area contributed by atoms with Crippen molar-refractivity contribution in [2.75, 3.05) is 39.5 Å². The molecule has 4 rings (SSSR count). The van der Waals surface area contributed by atoms with E-state index in [4.69, 9.17) is 15.2 Å². The van der Waals surface area contributed by atoms with Crippen molar-refractivity contribution in [2.45, 2.75) is 33.2 Å². The SMILES string of the molecule is Cc1nc2c(C(N)=O)cnn2c(C)c1CCC(=O)NCc1cccc(OCCN2CCOCC2)c1. The summed E-state index contributed by atoms with van der Waals surface area (Å²) in [5, 5.41) is 7.21. The van der Waals surface area contributed by atoms with Crippen LogP contribution in [0.4, 0.5) is 0 Å². The molecular weight excluding hydrogens is 448 g/mol. The van der Waals surface area contributed by atoms with Crippen molar-refractivity contribution in [3.63, 3.8) is 0 Å². The third kappa shape index (κ3) is 6.14. The largest absolute Gasteiger partial charge is 0.492 e. The van der Waals surface area contributed by atoms with Crippen molar-refractivity contribution in [3.8, 4) is 5.75 Å². The van der Waals surface area contributed by atoms with E-state index < -0.39 is 5.91 Å². The van der Waals surface area contributed by atoms with Gasteiger partial charge in [-0.05, 0) is 43.5 Å². The fourth-order valence-electron chi connectivity index (χ4n) is 4.24. The standard InChI is InChI=1S/C25H32N6O4/c1-17-21(18(2)31-25(29-17)22(16-28-31)24(26)33)6-7-23(32)27-15-19-4-3-5-20(14-19)35-13-10-30-8-11-34-12-9-30/h3-5,14,16H,6-13,15H2,1-2H3,(H2,26,33)(H,27,32). The Morgan fingerprint density at radius 1 is 1.23 bits per heavy atom. The van der Waals surface area contributed by atoms with Crippen molar-refractivity contribution < 1.29 is 19.1 Å². The smallest absolute Gasteiger partial charge is 0.254 e. The van der Waals surface area contributed by atoms with Crippen LogP contribution in [-0.4, -0.2) is 70.8 Å². The molecule has 0 radical (unpaired) electrons. The van der Waals surface area contributed by atoms with Gasteiger partial charge in [0.15, 0.2) is 5.65 Å². The first kappa shape index (κ1) is 24.6. The number of nitrogens with one attached hydrogen (secondary N) is 1. The minimum Gasteiger partial charge on any atom is -0.492 e. The monoisotopic (exact) mass is 480 g/mol. The van der Waals surface area contributed by atoms with E-state index in [0.29, 0.717) is 31.6 Å². The minimum absolute atomic E-state index is 0.0548. The number of carbonyl (C=O) groups is 2. The van der Waals surface area contributed by atoms with Gasteiger partial charge in [0.25, 0.3) is 5.91 Å². The molecule has 10 heteroatoms. The molecule has 2 aromatic heterocycles. The number of hydrogen-bond donors (Lipinski definition) is 2. The third-order valence-electron chi connectivity index (χ3n) is 6.24. The highest BCUT2D eigenvalue weighted by atomic mass is 16.5. The van der Waals surface area contributed by atoms with E-state index in [0.717, 1.165) is 61.1 Å². The lowest BCUT2D eigenvalue weighted by atomic mass is 10.1. The first-order chi connectivity index (χ1) is 16.9. The first-order valence-corrected chi connectivity index (χ1v) is 11.8. The van der Waals surface area contributed by atoms with Crippen molar-refractivity contribution in [1.29, 1.82) is 0 Å². The second-order valence-corrected chi connectivity index (χ2v) is 8.65. The molecule has 0 bridgehead atoms. The number of morpholine rings is 1. The van der Waals surface area contributed by atoms with Gasteiger partial charge in [0, 0.05) is 44.0 Å². The summed E-state index contributed by atoms with van der Waals surface area (Å²) in [6.07, 6.45) is 2.26. The van der Waals surface area contributed by atoms with Crippen LogP contribution in [0.15, 0.2) is 30.5 Å². The molecule has 3 aromatic rings. The fourth-order valence-corrected chi connectivity index (χ4v) is 4.24. The summed E-state index contributed by atoms with van der Waals surface area (Å²) in [6.45, 7) is 9.10. The molecular formula is C25H32N6O4. The second kappa shape index (κ2) is 11.3. The van der Waals surface area contributed by atoms with E-state index in [9.17, 15) is 9.59 Å². The lowest BCUT2D eigenvalue weighted by Crippen LogP contribution is -2.38. The quantitative estimate of drug-likeness (QED) is 0.450. The molecule has 0 atom stereocenters. The summed E-state index contributed by atoms with van der Waals surface area (Å²) in [7, 11) is 0. The number of nitrogens with zero attached hydrogens (tertiary/aromatic N) is 4. The second-order valence-electron chi connectivity index (χ2n) is 8.65. The van der Waals surface area contributed by atoms with Crippen LogP contribution >= 0.6 is 0 Å². The number of fused-ring (bicyclic) bond motifs is 1. The van der Waals surface area contributed by atoms with E-state index in [1.807, 2.05) is 38.1 Å². The fraction of sp³-hybridized carbons (Fsp3) is 0.440. The summed E-state index contributed by atoms with van der Waals surface area (Å²) in [4.78, 5) is 31.0. The predicted octanol–water partition coefficient (Wildman–Crippen LogP) is 1.41. The summed E-state index contributed by atoms with van der Waals surface area (Å²) in [5.41, 5.74) is 9.64. The van der Waals surface area contributed by atoms with Crippen molar-refractivity contribution in [2.24, 2.45) is 5.73 Å². The molecule has 1 saturated heterocycles. The van der Waals surface area contributed by atoms with Crippen LogP contribution in [-0.2, 0) is 22.5 Å². The summed E-state index contributed by atoms with van der Waals surface area (Å²) < 4.78 is 12.9. The summed E-state index contributed by atoms with van der Waals surface area (Å²) in [5.74, 6) is 0.177. The summed E-state index contributed by atoms with van der Waals surface area (Å²) >= 11 is 0. The van der Waals surface area contributed by atoms with Gasteiger partial charge in [0.2, 0.25) is 5.91 Å². The highest BCUT2D eigenvalue weighted by Gasteiger charge is 2.17. The maximum atomic E-state index is 12.5. The van der Waals surface area contributed by atoms with Crippen molar-refractivity contribution >= 4 is 17.5 Å². The Morgan fingerprint density at radius 2 is 2.03 bits per heavy atom. The highest BCUT2D eigenvalue weighted by molar-refractivity contribution is 5.98. The Hall–Kier alpha value is -3.50. The highest BCUT2D eigenvalue weighted by Crippen LogP contribution is 2.19. The van der Waals surface area contributed by atoms with Gasteiger partial charge in [-0.3, -0.25) is 14.5 Å².